The van der Waals surface area contributed by atoms with Gasteiger partial charge >= 0.3 is 0 Å². The van der Waals surface area contributed by atoms with Crippen LogP contribution in [0.15, 0.2) is 23.1 Å². The molecule has 1 amide bonds. The van der Waals surface area contributed by atoms with Crippen molar-refractivity contribution in [3.05, 3.63) is 23.8 Å². The third-order valence-corrected chi connectivity index (χ3v) is 6.22. The number of hydrogen-bond donors (Lipinski definition) is 0. The molecule has 128 valence electrons. The first-order valence-electron chi connectivity index (χ1n) is 8.24. The molecule has 0 fully saturated rings. The molecule has 0 bridgehead atoms. The summed E-state index contributed by atoms with van der Waals surface area (Å²) in [4.78, 5) is 14.4. The van der Waals surface area contributed by atoms with E-state index in [0.29, 0.717) is 43.3 Å². The molecule has 1 aromatic rings. The summed E-state index contributed by atoms with van der Waals surface area (Å²) in [7, 11) is -3.45. The van der Waals surface area contributed by atoms with Crippen LogP contribution in [0.4, 0.5) is 5.69 Å². The van der Waals surface area contributed by atoms with Gasteiger partial charge in [0.1, 0.15) is 0 Å². The normalized spacial score (nSPS) is 14.6. The Bertz CT molecular complexity index is 679. The van der Waals surface area contributed by atoms with Crippen molar-refractivity contribution >= 4 is 21.6 Å². The second-order valence-corrected chi connectivity index (χ2v) is 8.21. The van der Waals surface area contributed by atoms with E-state index in [2.05, 4.69) is 0 Å². The molecule has 0 N–H and O–H groups in total. The zero-order valence-electron chi connectivity index (χ0n) is 14.4. The number of rotatable bonds is 6. The van der Waals surface area contributed by atoms with Gasteiger partial charge in [0.05, 0.1) is 4.90 Å². The minimum atomic E-state index is -3.45. The SMILES string of the molecule is CCN(CC)S(=O)(=O)c1ccc2c(c1)CCN2C(=O)CC(C)C. The second-order valence-electron chi connectivity index (χ2n) is 6.27. The Labute approximate surface area is 139 Å². The van der Waals surface area contributed by atoms with E-state index in [1.807, 2.05) is 27.7 Å². The van der Waals surface area contributed by atoms with E-state index < -0.39 is 10.0 Å². The van der Waals surface area contributed by atoms with Crippen LogP contribution < -0.4 is 4.90 Å². The number of hydrogen-bond acceptors (Lipinski definition) is 3. The van der Waals surface area contributed by atoms with E-state index >= 15 is 0 Å². The highest BCUT2D eigenvalue weighted by Gasteiger charge is 2.28. The van der Waals surface area contributed by atoms with Gasteiger partial charge < -0.3 is 4.90 Å². The maximum Gasteiger partial charge on any atom is 0.243 e. The van der Waals surface area contributed by atoms with Crippen molar-refractivity contribution in [3.63, 3.8) is 0 Å². The topological polar surface area (TPSA) is 57.7 Å². The zero-order valence-corrected chi connectivity index (χ0v) is 15.2. The van der Waals surface area contributed by atoms with E-state index in [1.165, 1.54) is 4.31 Å². The first-order chi connectivity index (χ1) is 10.8. The van der Waals surface area contributed by atoms with Crippen molar-refractivity contribution in [2.24, 2.45) is 5.92 Å². The van der Waals surface area contributed by atoms with Gasteiger partial charge in [-0.15, -0.1) is 0 Å². The van der Waals surface area contributed by atoms with Crippen LogP contribution in [-0.4, -0.2) is 38.3 Å². The fourth-order valence-corrected chi connectivity index (χ4v) is 4.48. The third-order valence-electron chi connectivity index (χ3n) is 4.17. The number of fused-ring (bicyclic) bond motifs is 1. The molecule has 6 heteroatoms. The van der Waals surface area contributed by atoms with Crippen molar-refractivity contribution in [1.82, 2.24) is 4.31 Å². The highest BCUT2D eigenvalue weighted by molar-refractivity contribution is 7.89. The Morgan fingerprint density at radius 3 is 2.48 bits per heavy atom. The second kappa shape index (κ2) is 7.01. The van der Waals surface area contributed by atoms with Gasteiger partial charge in [0.15, 0.2) is 0 Å². The zero-order chi connectivity index (χ0) is 17.2. The molecule has 1 aliphatic heterocycles. The van der Waals surface area contributed by atoms with Gasteiger partial charge in [0.25, 0.3) is 0 Å². The summed E-state index contributed by atoms with van der Waals surface area (Å²) < 4.78 is 26.7. The van der Waals surface area contributed by atoms with Crippen LogP contribution in [0.2, 0.25) is 0 Å². The smallest absolute Gasteiger partial charge is 0.243 e. The molecule has 0 saturated carbocycles. The molecule has 2 rings (SSSR count). The highest BCUT2D eigenvalue weighted by atomic mass is 32.2. The number of sulfonamides is 1. The van der Waals surface area contributed by atoms with Crippen molar-refractivity contribution in [2.75, 3.05) is 24.5 Å². The lowest BCUT2D eigenvalue weighted by Crippen LogP contribution is -2.31. The molecule has 0 saturated heterocycles. The number of amides is 1. The monoisotopic (exact) mass is 338 g/mol. The number of nitrogens with zero attached hydrogens (tertiary/aromatic N) is 2. The fraction of sp³-hybridized carbons (Fsp3) is 0.588. The summed E-state index contributed by atoms with van der Waals surface area (Å²) in [5.74, 6) is 0.423. The average molecular weight is 338 g/mol. The summed E-state index contributed by atoms with van der Waals surface area (Å²) in [6.07, 6.45) is 1.22. The largest absolute Gasteiger partial charge is 0.312 e. The van der Waals surface area contributed by atoms with Gasteiger partial charge in [-0.05, 0) is 36.1 Å². The first kappa shape index (κ1) is 17.9. The molecule has 23 heavy (non-hydrogen) atoms. The van der Waals surface area contributed by atoms with Crippen LogP contribution >= 0.6 is 0 Å². The van der Waals surface area contributed by atoms with Crippen LogP contribution in [0.25, 0.3) is 0 Å². The summed E-state index contributed by atoms with van der Waals surface area (Å²) >= 11 is 0. The molecule has 0 aromatic heterocycles. The molecule has 5 nitrogen and oxygen atoms in total. The molecule has 0 unspecified atom stereocenters. The van der Waals surface area contributed by atoms with E-state index in [4.69, 9.17) is 0 Å². The van der Waals surface area contributed by atoms with Gasteiger partial charge in [0, 0.05) is 31.7 Å². The van der Waals surface area contributed by atoms with Crippen LogP contribution in [-0.2, 0) is 21.2 Å². The molecule has 1 heterocycles. The summed E-state index contributed by atoms with van der Waals surface area (Å²) in [6, 6.07) is 5.12. The van der Waals surface area contributed by atoms with Crippen molar-refractivity contribution < 1.29 is 13.2 Å². The molecule has 0 spiro atoms. The van der Waals surface area contributed by atoms with Crippen LogP contribution in [0.5, 0.6) is 0 Å². The van der Waals surface area contributed by atoms with Gasteiger partial charge in [-0.25, -0.2) is 8.42 Å². The number of carbonyl (C=O) groups is 1. The molecular weight excluding hydrogens is 312 g/mol. The first-order valence-corrected chi connectivity index (χ1v) is 9.68. The predicted octanol–water partition coefficient (Wildman–Crippen LogP) is 2.65. The fourth-order valence-electron chi connectivity index (χ4n) is 2.97. The van der Waals surface area contributed by atoms with E-state index in [1.54, 1.807) is 23.1 Å². The standard InChI is InChI=1S/C17H26N2O3S/c1-5-18(6-2)23(21,22)15-7-8-16-14(12-15)9-10-19(16)17(20)11-13(3)4/h7-8,12-13H,5-6,9-11H2,1-4H3. The van der Waals surface area contributed by atoms with Crippen molar-refractivity contribution in [3.8, 4) is 0 Å². The van der Waals surface area contributed by atoms with Crippen molar-refractivity contribution in [1.29, 1.82) is 0 Å². The number of anilines is 1. The van der Waals surface area contributed by atoms with Crippen LogP contribution in [0.1, 0.15) is 39.7 Å². The Hall–Kier alpha value is -1.40. The molecule has 1 aliphatic rings. The lowest BCUT2D eigenvalue weighted by atomic mass is 10.1. The predicted molar refractivity (Wildman–Crippen MR) is 92.1 cm³/mol. The molecular formula is C17H26N2O3S. The Balaban J connectivity index is 2.31. The van der Waals surface area contributed by atoms with Crippen LogP contribution in [0, 0.1) is 5.92 Å². The number of benzene rings is 1. The molecule has 0 atom stereocenters. The molecule has 0 radical (unpaired) electrons. The van der Waals surface area contributed by atoms with Crippen LogP contribution in [0.3, 0.4) is 0 Å². The maximum absolute atomic E-state index is 12.6. The van der Waals surface area contributed by atoms with E-state index in [9.17, 15) is 13.2 Å². The molecule has 1 aromatic carbocycles. The highest BCUT2D eigenvalue weighted by Crippen LogP contribution is 2.31. The molecule has 0 aliphatic carbocycles. The lowest BCUT2D eigenvalue weighted by molar-refractivity contribution is -0.119. The van der Waals surface area contributed by atoms with E-state index in [-0.39, 0.29) is 5.91 Å². The van der Waals surface area contributed by atoms with E-state index in [0.717, 1.165) is 11.3 Å². The lowest BCUT2D eigenvalue weighted by Gasteiger charge is -2.20. The minimum Gasteiger partial charge on any atom is -0.312 e. The Morgan fingerprint density at radius 2 is 1.91 bits per heavy atom. The van der Waals surface area contributed by atoms with Crippen molar-refractivity contribution in [2.45, 2.75) is 45.4 Å². The third kappa shape index (κ3) is 3.58. The van der Waals surface area contributed by atoms with Gasteiger partial charge in [-0.2, -0.15) is 4.31 Å². The number of carbonyl (C=O) groups excluding carboxylic acids is 1. The van der Waals surface area contributed by atoms with Gasteiger partial charge in [0.2, 0.25) is 15.9 Å². The summed E-state index contributed by atoms with van der Waals surface area (Å²) in [6.45, 7) is 9.25. The summed E-state index contributed by atoms with van der Waals surface area (Å²) in [5.41, 5.74) is 1.80. The van der Waals surface area contributed by atoms with Gasteiger partial charge in [-0.3, -0.25) is 4.79 Å². The quantitative estimate of drug-likeness (QED) is 0.801. The Morgan fingerprint density at radius 1 is 1.26 bits per heavy atom. The Kier molecular flexibility index (Phi) is 5.47. The maximum atomic E-state index is 12.6. The average Bonchev–Trinajstić information content (AvgIpc) is 2.90. The summed E-state index contributed by atoms with van der Waals surface area (Å²) in [5, 5.41) is 0. The minimum absolute atomic E-state index is 0.109. The van der Waals surface area contributed by atoms with Gasteiger partial charge in [-0.1, -0.05) is 27.7 Å².